The highest BCUT2D eigenvalue weighted by atomic mass is 32.2. The Labute approximate surface area is 205 Å². The first-order valence-corrected chi connectivity index (χ1v) is 13.0. The number of piperidine rings is 1. The largest absolute Gasteiger partial charge is 0.466 e. The van der Waals surface area contributed by atoms with Crippen LogP contribution in [0.3, 0.4) is 0 Å². The molecule has 1 aliphatic rings. The number of hydrogen-bond donors (Lipinski definition) is 2. The lowest BCUT2D eigenvalue weighted by Crippen LogP contribution is -2.48. The maximum atomic E-state index is 13.7. The molecule has 1 fully saturated rings. The predicted octanol–water partition coefficient (Wildman–Crippen LogP) is 3.45. The molecule has 2 aromatic carbocycles. The molecule has 0 amide bonds. The van der Waals surface area contributed by atoms with Crippen molar-refractivity contribution in [2.75, 3.05) is 19.7 Å². The van der Waals surface area contributed by atoms with Crippen molar-refractivity contribution in [1.82, 2.24) is 10.3 Å². The number of halogens is 3. The third kappa shape index (κ3) is 5.17. The number of carbonyl (C=O) groups excluding carboxylic acids is 1. The zero-order valence-corrected chi connectivity index (χ0v) is 20.2. The van der Waals surface area contributed by atoms with Crippen LogP contribution in [0.2, 0.25) is 0 Å². The van der Waals surface area contributed by atoms with Crippen molar-refractivity contribution in [3.63, 3.8) is 0 Å². The van der Waals surface area contributed by atoms with Crippen LogP contribution in [-0.2, 0) is 32.0 Å². The minimum atomic E-state index is -4.73. The van der Waals surface area contributed by atoms with E-state index in [0.717, 1.165) is 0 Å². The van der Waals surface area contributed by atoms with E-state index in [0.29, 0.717) is 23.7 Å². The van der Waals surface area contributed by atoms with Gasteiger partial charge in [-0.3, -0.25) is 9.59 Å². The minimum Gasteiger partial charge on any atom is -0.466 e. The number of pyridine rings is 1. The van der Waals surface area contributed by atoms with E-state index in [1.807, 2.05) is 0 Å². The van der Waals surface area contributed by atoms with Crippen molar-refractivity contribution in [2.45, 2.75) is 36.1 Å². The van der Waals surface area contributed by atoms with Gasteiger partial charge in [0.05, 0.1) is 28.2 Å². The van der Waals surface area contributed by atoms with E-state index >= 15 is 0 Å². The Morgan fingerprint density at radius 3 is 2.61 bits per heavy atom. The summed E-state index contributed by atoms with van der Waals surface area (Å²) < 4.78 is 73.2. The van der Waals surface area contributed by atoms with Crippen LogP contribution in [0.4, 0.5) is 13.2 Å². The van der Waals surface area contributed by atoms with Gasteiger partial charge < -0.3 is 15.0 Å². The number of alkyl halides is 3. The fourth-order valence-corrected chi connectivity index (χ4v) is 6.81. The van der Waals surface area contributed by atoms with Gasteiger partial charge in [-0.1, -0.05) is 24.3 Å². The molecule has 1 saturated heterocycles. The highest BCUT2D eigenvalue weighted by Gasteiger charge is 2.42. The standard InChI is InChI=1S/C25H25F3N2O5S/c1-2-35-24(32)18-14-29-10-9-22(18)36(33,34)21-6-4-3-5-16(21)11-15-7-8-20-17(12-15)19(25(26,27)28)13-23(31)30-20/h3-8,12-13,18,22,29H,2,9-11,14H2,1H3,(H,30,31). The fraction of sp³-hybridized carbons (Fsp3) is 0.360. The Kier molecular flexibility index (Phi) is 7.24. The van der Waals surface area contributed by atoms with Crippen molar-refractivity contribution < 1.29 is 31.1 Å². The van der Waals surface area contributed by atoms with Gasteiger partial charge in [-0.25, -0.2) is 8.42 Å². The van der Waals surface area contributed by atoms with Gasteiger partial charge >= 0.3 is 12.1 Å². The Morgan fingerprint density at radius 1 is 1.14 bits per heavy atom. The van der Waals surface area contributed by atoms with E-state index in [2.05, 4.69) is 10.3 Å². The average molecular weight is 523 g/mol. The number of sulfone groups is 1. The number of nitrogens with one attached hydrogen (secondary N) is 2. The molecule has 7 nitrogen and oxygen atoms in total. The number of fused-ring (bicyclic) bond motifs is 1. The van der Waals surface area contributed by atoms with Crippen LogP contribution in [0.5, 0.6) is 0 Å². The number of carbonyl (C=O) groups is 1. The van der Waals surface area contributed by atoms with Crippen LogP contribution in [0.25, 0.3) is 10.9 Å². The molecule has 0 aliphatic carbocycles. The molecule has 2 atom stereocenters. The summed E-state index contributed by atoms with van der Waals surface area (Å²) in [6.45, 7) is 2.38. The minimum absolute atomic E-state index is 0.0313. The first kappa shape index (κ1) is 25.9. The first-order chi connectivity index (χ1) is 17.0. The topological polar surface area (TPSA) is 105 Å². The second-order valence-electron chi connectivity index (χ2n) is 8.64. The van der Waals surface area contributed by atoms with Gasteiger partial charge in [0.25, 0.3) is 0 Å². The highest BCUT2D eigenvalue weighted by Crippen LogP contribution is 2.35. The Balaban J connectivity index is 1.74. The summed E-state index contributed by atoms with van der Waals surface area (Å²) in [4.78, 5) is 26.6. The third-order valence-corrected chi connectivity index (χ3v) is 8.67. The second kappa shape index (κ2) is 10.1. The molecule has 11 heteroatoms. The van der Waals surface area contributed by atoms with Crippen molar-refractivity contribution in [2.24, 2.45) is 5.92 Å². The molecule has 0 saturated carbocycles. The number of benzene rings is 2. The number of esters is 1. The number of aromatic amines is 1. The maximum absolute atomic E-state index is 13.7. The van der Waals surface area contributed by atoms with Crippen molar-refractivity contribution in [3.8, 4) is 0 Å². The normalized spacial score (nSPS) is 18.8. The van der Waals surface area contributed by atoms with Crippen LogP contribution < -0.4 is 10.9 Å². The predicted molar refractivity (Wildman–Crippen MR) is 127 cm³/mol. The summed E-state index contributed by atoms with van der Waals surface area (Å²) in [7, 11) is -3.97. The number of aromatic nitrogens is 1. The van der Waals surface area contributed by atoms with Crippen LogP contribution in [0.15, 0.2) is 58.2 Å². The number of rotatable bonds is 6. The molecular weight excluding hydrogens is 497 g/mol. The van der Waals surface area contributed by atoms with Crippen molar-refractivity contribution in [1.29, 1.82) is 0 Å². The second-order valence-corrected chi connectivity index (χ2v) is 10.8. The molecule has 2 unspecified atom stereocenters. The number of ether oxygens (including phenoxy) is 1. The van der Waals surface area contributed by atoms with Gasteiger partial charge in [0.2, 0.25) is 5.56 Å². The summed E-state index contributed by atoms with van der Waals surface area (Å²) >= 11 is 0. The van der Waals surface area contributed by atoms with Gasteiger partial charge in [0, 0.05) is 23.5 Å². The Hall–Kier alpha value is -3.18. The average Bonchev–Trinajstić information content (AvgIpc) is 2.83. The monoisotopic (exact) mass is 522 g/mol. The van der Waals surface area contributed by atoms with Gasteiger partial charge in [-0.05, 0) is 55.6 Å². The lowest BCUT2D eigenvalue weighted by atomic mass is 9.99. The molecule has 0 bridgehead atoms. The maximum Gasteiger partial charge on any atom is 0.417 e. The van der Waals surface area contributed by atoms with Crippen LogP contribution in [0.1, 0.15) is 30.0 Å². The van der Waals surface area contributed by atoms with Gasteiger partial charge in [0.1, 0.15) is 0 Å². The SMILES string of the molecule is CCOC(=O)C1CNCCC1S(=O)(=O)c1ccccc1Cc1ccc2[nH]c(=O)cc(C(F)(F)F)c2c1. The van der Waals surface area contributed by atoms with Gasteiger partial charge in [0.15, 0.2) is 9.84 Å². The summed E-state index contributed by atoms with van der Waals surface area (Å²) in [6.07, 6.45) is -4.47. The number of hydrogen-bond acceptors (Lipinski definition) is 6. The van der Waals surface area contributed by atoms with E-state index in [1.165, 1.54) is 18.2 Å². The quantitative estimate of drug-likeness (QED) is 0.481. The molecule has 2 heterocycles. The van der Waals surface area contributed by atoms with E-state index in [1.54, 1.807) is 31.2 Å². The molecule has 2 N–H and O–H groups in total. The zero-order valence-electron chi connectivity index (χ0n) is 19.4. The van der Waals surface area contributed by atoms with E-state index < -0.39 is 44.3 Å². The van der Waals surface area contributed by atoms with Crippen LogP contribution in [-0.4, -0.2) is 44.3 Å². The summed E-state index contributed by atoms with van der Waals surface area (Å²) in [5.41, 5.74) is -1.05. The van der Waals surface area contributed by atoms with Gasteiger partial charge in [-0.15, -0.1) is 0 Å². The molecule has 1 aliphatic heterocycles. The molecule has 0 spiro atoms. The van der Waals surface area contributed by atoms with Gasteiger partial charge in [-0.2, -0.15) is 13.2 Å². The summed E-state index contributed by atoms with van der Waals surface area (Å²) in [6, 6.07) is 11.0. The Bertz CT molecular complexity index is 1450. The summed E-state index contributed by atoms with van der Waals surface area (Å²) in [5, 5.41) is 1.87. The molecule has 3 aromatic rings. The fourth-order valence-electron chi connectivity index (χ4n) is 4.65. The van der Waals surface area contributed by atoms with E-state index in [9.17, 15) is 31.2 Å². The van der Waals surface area contributed by atoms with Crippen LogP contribution in [0, 0.1) is 5.92 Å². The molecular formula is C25H25F3N2O5S. The molecule has 36 heavy (non-hydrogen) atoms. The van der Waals surface area contributed by atoms with Crippen molar-refractivity contribution >= 4 is 26.7 Å². The van der Waals surface area contributed by atoms with Crippen molar-refractivity contribution in [3.05, 3.63) is 75.6 Å². The molecule has 192 valence electrons. The van der Waals surface area contributed by atoms with Crippen LogP contribution >= 0.6 is 0 Å². The lowest BCUT2D eigenvalue weighted by Gasteiger charge is -2.30. The Morgan fingerprint density at radius 2 is 1.89 bits per heavy atom. The van der Waals surface area contributed by atoms with E-state index in [-0.39, 0.29) is 41.8 Å². The zero-order chi connectivity index (χ0) is 26.1. The summed E-state index contributed by atoms with van der Waals surface area (Å²) in [5.74, 6) is -1.46. The molecule has 4 rings (SSSR count). The molecule has 1 aromatic heterocycles. The highest BCUT2D eigenvalue weighted by molar-refractivity contribution is 7.92. The van der Waals surface area contributed by atoms with E-state index in [4.69, 9.17) is 4.74 Å². The number of H-pyrrole nitrogens is 1. The first-order valence-electron chi connectivity index (χ1n) is 11.4. The smallest absolute Gasteiger partial charge is 0.417 e. The third-order valence-electron chi connectivity index (χ3n) is 6.29. The lowest BCUT2D eigenvalue weighted by molar-refractivity contribution is -0.148. The molecule has 0 radical (unpaired) electrons.